The number of hydrogen-bond acceptors (Lipinski definition) is 5. The number of carbonyl (C=O) groups is 2. The quantitative estimate of drug-likeness (QED) is 0.391. The summed E-state index contributed by atoms with van der Waals surface area (Å²) in [6.07, 6.45) is 17.9. The Morgan fingerprint density at radius 3 is 2.50 bits per heavy atom. The number of rotatable bonds is 6. The van der Waals surface area contributed by atoms with Crippen LogP contribution in [0.25, 0.3) is 5.57 Å². The van der Waals surface area contributed by atoms with Crippen molar-refractivity contribution in [2.75, 3.05) is 4.90 Å². The number of allylic oxidation sites excluding steroid dienone is 2. The van der Waals surface area contributed by atoms with Crippen LogP contribution in [-0.2, 0) is 4.79 Å². The number of anilines is 1. The predicted molar refractivity (Wildman–Crippen MR) is 145 cm³/mol. The van der Waals surface area contributed by atoms with Crippen LogP contribution < -0.4 is 4.90 Å². The molecule has 2 saturated carbocycles. The maximum Gasteiger partial charge on any atom is 0.230 e. The molecule has 0 N–H and O–H groups in total. The van der Waals surface area contributed by atoms with E-state index in [2.05, 4.69) is 47.9 Å². The van der Waals surface area contributed by atoms with E-state index in [0.29, 0.717) is 22.3 Å². The fraction of sp³-hybridized carbons (Fsp3) is 0.655. The average molecular weight is 509 g/mol. The molecular weight excluding hydrogens is 468 g/mol. The average Bonchev–Trinajstić information content (AvgIpc) is 3.56. The number of aldehydes is 1. The Hall–Kier alpha value is -2.28. The summed E-state index contributed by atoms with van der Waals surface area (Å²) in [4.78, 5) is 34.5. The van der Waals surface area contributed by atoms with E-state index in [-0.39, 0.29) is 17.9 Å². The van der Waals surface area contributed by atoms with Crippen molar-refractivity contribution in [3.8, 4) is 0 Å². The number of aromatic nitrogens is 3. The maximum absolute atomic E-state index is 14.1. The lowest BCUT2D eigenvalue weighted by molar-refractivity contribution is -0.124. The molecule has 7 heteroatoms. The summed E-state index contributed by atoms with van der Waals surface area (Å²) in [6.45, 7) is 6.93. The Bertz CT molecular complexity index is 1090. The van der Waals surface area contributed by atoms with Gasteiger partial charge in [-0.25, -0.2) is 9.67 Å². The van der Waals surface area contributed by atoms with Crippen LogP contribution in [0.4, 0.5) is 5.69 Å². The van der Waals surface area contributed by atoms with E-state index in [1.807, 2.05) is 4.68 Å². The maximum atomic E-state index is 14.1. The first-order chi connectivity index (χ1) is 17.3. The van der Waals surface area contributed by atoms with Crippen molar-refractivity contribution in [2.45, 2.75) is 103 Å². The zero-order valence-electron chi connectivity index (χ0n) is 22.0. The molecule has 0 bridgehead atoms. The van der Waals surface area contributed by atoms with Gasteiger partial charge in [0.2, 0.25) is 5.91 Å². The topological polar surface area (TPSA) is 68.1 Å². The summed E-state index contributed by atoms with van der Waals surface area (Å²) < 4.78 is 1.96. The minimum Gasteiger partial charge on any atom is -0.308 e. The van der Waals surface area contributed by atoms with Crippen LogP contribution in [0.1, 0.15) is 112 Å². The SMILES string of the molecule is CC1CCC(C(=O)N(c2cc(C3=CCC(C)(C)CC3)sc2C=O)C2CCC(n3cncn3)CC2)CC1. The summed E-state index contributed by atoms with van der Waals surface area (Å²) in [5.74, 6) is 0.991. The summed E-state index contributed by atoms with van der Waals surface area (Å²) >= 11 is 1.57. The highest BCUT2D eigenvalue weighted by molar-refractivity contribution is 7.15. The fourth-order valence-corrected chi connectivity index (χ4v) is 7.35. The Balaban J connectivity index is 1.43. The van der Waals surface area contributed by atoms with Gasteiger partial charge in [0.1, 0.15) is 12.7 Å². The normalized spacial score (nSPS) is 28.4. The van der Waals surface area contributed by atoms with Crippen molar-refractivity contribution in [3.63, 3.8) is 0 Å². The minimum absolute atomic E-state index is 0.0618. The number of thiophene rings is 1. The van der Waals surface area contributed by atoms with Crippen LogP contribution in [-0.4, -0.2) is 33.0 Å². The van der Waals surface area contributed by atoms with Crippen LogP contribution in [0.3, 0.4) is 0 Å². The van der Waals surface area contributed by atoms with Gasteiger partial charge in [0.15, 0.2) is 6.29 Å². The van der Waals surface area contributed by atoms with Crippen molar-refractivity contribution in [2.24, 2.45) is 17.3 Å². The van der Waals surface area contributed by atoms with Crippen LogP contribution in [0.2, 0.25) is 0 Å². The molecule has 3 aliphatic carbocycles. The molecule has 0 atom stereocenters. The molecule has 194 valence electrons. The van der Waals surface area contributed by atoms with Crippen LogP contribution in [0.15, 0.2) is 24.8 Å². The molecule has 2 aromatic rings. The van der Waals surface area contributed by atoms with Gasteiger partial charge in [-0.2, -0.15) is 5.10 Å². The zero-order chi connectivity index (χ0) is 25.3. The van der Waals surface area contributed by atoms with Gasteiger partial charge in [-0.3, -0.25) is 9.59 Å². The van der Waals surface area contributed by atoms with Gasteiger partial charge in [0.25, 0.3) is 0 Å². The molecule has 2 fully saturated rings. The second kappa shape index (κ2) is 10.6. The molecule has 0 spiro atoms. The fourth-order valence-electron chi connectivity index (χ4n) is 6.31. The largest absolute Gasteiger partial charge is 0.308 e. The minimum atomic E-state index is 0.0618. The van der Waals surface area contributed by atoms with E-state index in [0.717, 1.165) is 87.5 Å². The number of amides is 1. The van der Waals surface area contributed by atoms with Crippen molar-refractivity contribution in [1.29, 1.82) is 0 Å². The molecule has 0 radical (unpaired) electrons. The third-order valence-corrected chi connectivity index (χ3v) is 9.97. The van der Waals surface area contributed by atoms with Crippen LogP contribution >= 0.6 is 11.3 Å². The van der Waals surface area contributed by atoms with Crippen LogP contribution in [0, 0.1) is 17.3 Å². The molecule has 1 amide bonds. The second-order valence-corrected chi connectivity index (χ2v) is 13.2. The van der Waals surface area contributed by atoms with Crippen molar-refractivity contribution >= 4 is 34.8 Å². The van der Waals surface area contributed by atoms with Crippen molar-refractivity contribution in [1.82, 2.24) is 14.8 Å². The molecule has 0 aromatic carbocycles. The Labute approximate surface area is 219 Å². The van der Waals surface area contributed by atoms with E-state index in [1.165, 1.54) is 5.57 Å². The monoisotopic (exact) mass is 508 g/mol. The van der Waals surface area contributed by atoms with E-state index in [9.17, 15) is 9.59 Å². The van der Waals surface area contributed by atoms with E-state index >= 15 is 0 Å². The van der Waals surface area contributed by atoms with Crippen LogP contribution in [0.5, 0.6) is 0 Å². The summed E-state index contributed by atoms with van der Waals surface area (Å²) in [5.41, 5.74) is 2.52. The van der Waals surface area contributed by atoms with Crippen molar-refractivity contribution in [3.05, 3.63) is 34.6 Å². The molecule has 0 aliphatic heterocycles. The third kappa shape index (κ3) is 5.36. The van der Waals surface area contributed by atoms with E-state index < -0.39 is 0 Å². The molecule has 6 nitrogen and oxygen atoms in total. The number of hydrogen-bond donors (Lipinski definition) is 0. The van der Waals surface area contributed by atoms with E-state index in [1.54, 1.807) is 24.0 Å². The highest BCUT2D eigenvalue weighted by Crippen LogP contribution is 2.44. The lowest BCUT2D eigenvalue weighted by Gasteiger charge is -2.39. The zero-order valence-corrected chi connectivity index (χ0v) is 22.8. The first kappa shape index (κ1) is 25.4. The first-order valence-corrected chi connectivity index (χ1v) is 14.6. The van der Waals surface area contributed by atoms with Gasteiger partial charge in [0.05, 0.1) is 16.6 Å². The van der Waals surface area contributed by atoms with Gasteiger partial charge >= 0.3 is 0 Å². The molecule has 0 unspecified atom stereocenters. The first-order valence-electron chi connectivity index (χ1n) is 13.8. The second-order valence-electron chi connectivity index (χ2n) is 12.1. The highest BCUT2D eigenvalue weighted by atomic mass is 32.1. The molecule has 3 aliphatic rings. The predicted octanol–water partition coefficient (Wildman–Crippen LogP) is 7.09. The Morgan fingerprint density at radius 1 is 1.14 bits per heavy atom. The molecule has 36 heavy (non-hydrogen) atoms. The number of carbonyl (C=O) groups excluding carboxylic acids is 2. The molecule has 2 aromatic heterocycles. The van der Waals surface area contributed by atoms with Crippen molar-refractivity contribution < 1.29 is 9.59 Å². The molecule has 0 saturated heterocycles. The number of nitrogens with zero attached hydrogens (tertiary/aromatic N) is 4. The lowest BCUT2D eigenvalue weighted by Crippen LogP contribution is -2.46. The molecule has 5 rings (SSSR count). The standard InChI is InChI=1S/C29H40N4O2S/c1-20-4-6-22(7-5-20)28(35)33(24-10-8-23(9-11-24)32-19-30-18-31-32)25-16-26(36-27(25)17-34)21-12-14-29(2,3)15-13-21/h12,16-20,22-24H,4-11,13-15H2,1-3H3. The van der Waals surface area contributed by atoms with Gasteiger partial charge in [0, 0.05) is 16.8 Å². The summed E-state index contributed by atoms with van der Waals surface area (Å²) in [5, 5.41) is 4.35. The third-order valence-electron chi connectivity index (χ3n) is 8.84. The van der Waals surface area contributed by atoms with Gasteiger partial charge in [-0.1, -0.05) is 26.8 Å². The van der Waals surface area contributed by atoms with Gasteiger partial charge < -0.3 is 4.90 Å². The smallest absolute Gasteiger partial charge is 0.230 e. The lowest BCUT2D eigenvalue weighted by atomic mass is 9.78. The summed E-state index contributed by atoms with van der Waals surface area (Å²) in [7, 11) is 0. The molecular formula is C29H40N4O2S. The van der Waals surface area contributed by atoms with Gasteiger partial charge in [-0.15, -0.1) is 11.3 Å². The Kier molecular flexibility index (Phi) is 7.47. The van der Waals surface area contributed by atoms with Gasteiger partial charge in [-0.05, 0) is 93.6 Å². The molecule has 2 heterocycles. The summed E-state index contributed by atoms with van der Waals surface area (Å²) in [6, 6.07) is 2.61. The Morgan fingerprint density at radius 2 is 1.89 bits per heavy atom. The van der Waals surface area contributed by atoms with E-state index in [4.69, 9.17) is 0 Å². The highest BCUT2D eigenvalue weighted by Gasteiger charge is 2.37.